The van der Waals surface area contributed by atoms with E-state index in [0.29, 0.717) is 48.8 Å². The first-order valence-electron chi connectivity index (χ1n) is 10.8. The Labute approximate surface area is 190 Å². The molecule has 0 radical (unpaired) electrons. The number of imide groups is 1. The molecule has 1 N–H and O–H groups in total. The number of rotatable bonds is 5. The summed E-state index contributed by atoms with van der Waals surface area (Å²) in [5.41, 5.74) is 0.307. The molecule has 0 spiro atoms. The zero-order valence-corrected chi connectivity index (χ0v) is 18.1. The molecule has 3 heterocycles. The fraction of sp³-hybridized carbons (Fsp3) is 0.333. The van der Waals surface area contributed by atoms with Gasteiger partial charge in [-0.2, -0.15) is 0 Å². The van der Waals surface area contributed by atoms with Crippen LogP contribution in [0.1, 0.15) is 35.7 Å². The third kappa shape index (κ3) is 3.59. The molecule has 3 aliphatic heterocycles. The number of Topliss-reactive ketones (excluding diaryl/α,β-unsaturated/α-hetero) is 1. The number of benzene rings is 2. The van der Waals surface area contributed by atoms with Gasteiger partial charge in [0.15, 0.2) is 17.3 Å². The van der Waals surface area contributed by atoms with Crippen LogP contribution in [0.25, 0.3) is 0 Å². The molecule has 2 aromatic carbocycles. The smallest absolute Gasteiger partial charge is 0.325 e. The lowest BCUT2D eigenvalue weighted by Crippen LogP contribution is -2.41. The Bertz CT molecular complexity index is 1160. The Kier molecular flexibility index (Phi) is 5.03. The summed E-state index contributed by atoms with van der Waals surface area (Å²) < 4.78 is 11.1. The van der Waals surface area contributed by atoms with Gasteiger partial charge in [-0.3, -0.25) is 19.3 Å². The summed E-state index contributed by atoms with van der Waals surface area (Å²) in [5.74, 6) is 0.262. The Hall–Kier alpha value is -3.88. The first-order valence-corrected chi connectivity index (χ1v) is 10.8. The largest absolute Gasteiger partial charge is 0.486 e. The third-order valence-corrected chi connectivity index (χ3v) is 6.27. The SMILES string of the molecule is C[C@@]1(c2ccc3c(c2)OCCO3)NC(=O)N(CC(=O)c2ccc(N3CCCC3=O)cc2)C1=O. The predicted octanol–water partition coefficient (Wildman–Crippen LogP) is 2.23. The number of nitrogens with zero attached hydrogens (tertiary/aromatic N) is 2. The van der Waals surface area contributed by atoms with E-state index in [4.69, 9.17) is 9.47 Å². The molecule has 1 atom stereocenters. The minimum absolute atomic E-state index is 0.0619. The highest BCUT2D eigenvalue weighted by molar-refractivity contribution is 6.11. The van der Waals surface area contributed by atoms with Crippen molar-refractivity contribution in [2.24, 2.45) is 0 Å². The highest BCUT2D eigenvalue weighted by atomic mass is 16.6. The van der Waals surface area contributed by atoms with Crippen molar-refractivity contribution in [3.8, 4) is 11.5 Å². The zero-order valence-electron chi connectivity index (χ0n) is 18.1. The average molecular weight is 449 g/mol. The number of ketones is 1. The third-order valence-electron chi connectivity index (χ3n) is 6.27. The van der Waals surface area contributed by atoms with Crippen molar-refractivity contribution < 1.29 is 28.7 Å². The molecule has 0 saturated carbocycles. The van der Waals surface area contributed by atoms with E-state index in [-0.39, 0.29) is 18.2 Å². The molecular formula is C24H23N3O6. The fourth-order valence-electron chi connectivity index (χ4n) is 4.37. The molecule has 4 amide bonds. The number of urea groups is 1. The first kappa shape index (κ1) is 21.0. The number of nitrogens with one attached hydrogen (secondary N) is 1. The highest BCUT2D eigenvalue weighted by Gasteiger charge is 2.49. The maximum Gasteiger partial charge on any atom is 0.325 e. The van der Waals surface area contributed by atoms with E-state index >= 15 is 0 Å². The van der Waals surface area contributed by atoms with Crippen molar-refractivity contribution in [1.82, 2.24) is 10.2 Å². The van der Waals surface area contributed by atoms with Crippen LogP contribution >= 0.6 is 0 Å². The number of fused-ring (bicyclic) bond motifs is 1. The normalized spacial score (nSPS) is 22.0. The summed E-state index contributed by atoms with van der Waals surface area (Å²) in [6.45, 7) is 2.73. The van der Waals surface area contributed by atoms with Gasteiger partial charge in [-0.25, -0.2) is 4.79 Å². The highest BCUT2D eigenvalue weighted by Crippen LogP contribution is 2.37. The van der Waals surface area contributed by atoms with Crippen LogP contribution in [0, 0.1) is 0 Å². The van der Waals surface area contributed by atoms with Gasteiger partial charge >= 0.3 is 6.03 Å². The molecule has 33 heavy (non-hydrogen) atoms. The minimum Gasteiger partial charge on any atom is -0.486 e. The van der Waals surface area contributed by atoms with Crippen LogP contribution in [-0.2, 0) is 15.1 Å². The van der Waals surface area contributed by atoms with Gasteiger partial charge in [0.1, 0.15) is 18.8 Å². The Balaban J connectivity index is 1.32. The summed E-state index contributed by atoms with van der Waals surface area (Å²) in [6, 6.07) is 11.1. The molecule has 0 unspecified atom stereocenters. The molecule has 2 saturated heterocycles. The van der Waals surface area contributed by atoms with Gasteiger partial charge in [-0.15, -0.1) is 0 Å². The van der Waals surface area contributed by atoms with Crippen LogP contribution in [0.5, 0.6) is 11.5 Å². The van der Waals surface area contributed by atoms with E-state index in [1.54, 1.807) is 54.3 Å². The minimum atomic E-state index is -1.33. The number of anilines is 1. The Morgan fingerprint density at radius 1 is 1.03 bits per heavy atom. The molecule has 3 aliphatic rings. The van der Waals surface area contributed by atoms with Crippen LogP contribution in [0.4, 0.5) is 10.5 Å². The van der Waals surface area contributed by atoms with Crippen molar-refractivity contribution >= 4 is 29.3 Å². The molecule has 9 nitrogen and oxygen atoms in total. The number of hydrogen-bond acceptors (Lipinski definition) is 6. The molecule has 0 aromatic heterocycles. The van der Waals surface area contributed by atoms with Gasteiger partial charge in [-0.1, -0.05) is 6.07 Å². The summed E-state index contributed by atoms with van der Waals surface area (Å²) in [5, 5.41) is 2.71. The lowest BCUT2D eigenvalue weighted by molar-refractivity contribution is -0.130. The van der Waals surface area contributed by atoms with E-state index < -0.39 is 17.5 Å². The summed E-state index contributed by atoms with van der Waals surface area (Å²) in [7, 11) is 0. The predicted molar refractivity (Wildman–Crippen MR) is 117 cm³/mol. The van der Waals surface area contributed by atoms with E-state index in [2.05, 4.69) is 5.32 Å². The molecule has 9 heteroatoms. The van der Waals surface area contributed by atoms with E-state index in [0.717, 1.165) is 17.0 Å². The van der Waals surface area contributed by atoms with Crippen molar-refractivity contribution in [3.63, 3.8) is 0 Å². The van der Waals surface area contributed by atoms with Crippen molar-refractivity contribution in [2.45, 2.75) is 25.3 Å². The maximum absolute atomic E-state index is 13.2. The van der Waals surface area contributed by atoms with Crippen molar-refractivity contribution in [3.05, 3.63) is 53.6 Å². The molecular weight excluding hydrogens is 426 g/mol. The second-order valence-electron chi connectivity index (χ2n) is 8.42. The maximum atomic E-state index is 13.2. The van der Waals surface area contributed by atoms with Crippen LogP contribution in [0.3, 0.4) is 0 Å². The lowest BCUT2D eigenvalue weighted by Gasteiger charge is -2.25. The molecule has 5 rings (SSSR count). The van der Waals surface area contributed by atoms with Gasteiger partial charge in [-0.05, 0) is 55.3 Å². The van der Waals surface area contributed by atoms with Gasteiger partial charge in [0.05, 0.1) is 6.54 Å². The van der Waals surface area contributed by atoms with Crippen molar-refractivity contribution in [2.75, 3.05) is 31.2 Å². The van der Waals surface area contributed by atoms with Crippen LogP contribution < -0.4 is 19.7 Å². The van der Waals surface area contributed by atoms with Crippen LogP contribution in [0.15, 0.2) is 42.5 Å². The van der Waals surface area contributed by atoms with Crippen LogP contribution in [-0.4, -0.2) is 54.8 Å². The number of carbonyl (C=O) groups excluding carboxylic acids is 4. The number of carbonyl (C=O) groups is 4. The summed E-state index contributed by atoms with van der Waals surface area (Å²) in [6.07, 6.45) is 1.34. The summed E-state index contributed by atoms with van der Waals surface area (Å²) in [4.78, 5) is 53.2. The van der Waals surface area contributed by atoms with Crippen molar-refractivity contribution in [1.29, 1.82) is 0 Å². The zero-order chi connectivity index (χ0) is 23.2. The van der Waals surface area contributed by atoms with Crippen LogP contribution in [0.2, 0.25) is 0 Å². The lowest BCUT2D eigenvalue weighted by atomic mass is 9.91. The molecule has 170 valence electrons. The Morgan fingerprint density at radius 3 is 2.45 bits per heavy atom. The second kappa shape index (κ2) is 7.91. The van der Waals surface area contributed by atoms with E-state index in [1.807, 2.05) is 0 Å². The number of hydrogen-bond donors (Lipinski definition) is 1. The number of ether oxygens (including phenoxy) is 2. The topological polar surface area (TPSA) is 105 Å². The Morgan fingerprint density at radius 2 is 1.76 bits per heavy atom. The molecule has 2 fully saturated rings. The standard InChI is InChI=1S/C24H23N3O6/c1-24(16-6-9-19-20(13-16)33-12-11-32-19)22(30)27(23(31)25-24)14-18(28)15-4-7-17(8-5-15)26-10-2-3-21(26)29/h4-9,13H,2-3,10-12,14H2,1H3,(H,25,31)/t24-/m0/s1. The molecule has 0 bridgehead atoms. The van der Waals surface area contributed by atoms with Gasteiger partial charge in [0.25, 0.3) is 5.91 Å². The monoisotopic (exact) mass is 449 g/mol. The van der Waals surface area contributed by atoms with E-state index in [1.165, 1.54) is 0 Å². The first-order chi connectivity index (χ1) is 15.9. The van der Waals surface area contributed by atoms with Gasteiger partial charge in [0.2, 0.25) is 5.91 Å². The summed E-state index contributed by atoms with van der Waals surface area (Å²) >= 11 is 0. The van der Waals surface area contributed by atoms with E-state index in [9.17, 15) is 19.2 Å². The van der Waals surface area contributed by atoms with Gasteiger partial charge < -0.3 is 19.7 Å². The molecule has 0 aliphatic carbocycles. The average Bonchev–Trinajstić information content (AvgIpc) is 3.35. The number of amides is 4. The van der Waals surface area contributed by atoms with Gasteiger partial charge in [0, 0.05) is 24.2 Å². The fourth-order valence-corrected chi connectivity index (χ4v) is 4.37. The quantitative estimate of drug-likeness (QED) is 0.555. The molecule has 2 aromatic rings. The second-order valence-corrected chi connectivity index (χ2v) is 8.42.